The van der Waals surface area contributed by atoms with Gasteiger partial charge < -0.3 is 9.64 Å². The van der Waals surface area contributed by atoms with Gasteiger partial charge in [-0.1, -0.05) is 6.07 Å². The van der Waals surface area contributed by atoms with E-state index in [0.29, 0.717) is 6.54 Å². The number of hydrogen-bond acceptors (Lipinski definition) is 3. The van der Waals surface area contributed by atoms with Gasteiger partial charge in [-0.3, -0.25) is 9.59 Å². The topological polar surface area (TPSA) is 46.6 Å². The summed E-state index contributed by atoms with van der Waals surface area (Å²) in [6, 6.07) is 7.66. The maximum Gasteiger partial charge on any atom is 0.311 e. The fraction of sp³-hybridized carbons (Fsp3) is 0.333. The number of carbonyl (C=O) groups is 2. The summed E-state index contributed by atoms with van der Waals surface area (Å²) in [5.41, 5.74) is 0.841. The van der Waals surface area contributed by atoms with Crippen molar-refractivity contribution in [1.82, 2.24) is 0 Å². The van der Waals surface area contributed by atoms with E-state index < -0.39 is 0 Å². The average Bonchev–Trinajstić information content (AvgIpc) is 2.70. The molecular formula is C12H12INO3. The molecule has 0 N–H and O–H groups in total. The normalized spacial score (nSPS) is 19.5. The summed E-state index contributed by atoms with van der Waals surface area (Å²) in [4.78, 5) is 24.9. The molecule has 1 aromatic carbocycles. The molecule has 5 heteroatoms. The van der Waals surface area contributed by atoms with E-state index in [1.807, 2.05) is 24.3 Å². The van der Waals surface area contributed by atoms with Crippen LogP contribution in [-0.4, -0.2) is 25.5 Å². The summed E-state index contributed by atoms with van der Waals surface area (Å²) in [7, 11) is 1.35. The zero-order chi connectivity index (χ0) is 12.4. The van der Waals surface area contributed by atoms with Crippen molar-refractivity contribution in [3.8, 4) is 0 Å². The summed E-state index contributed by atoms with van der Waals surface area (Å²) < 4.78 is 5.74. The second-order valence-electron chi connectivity index (χ2n) is 3.91. The first-order valence-electron chi connectivity index (χ1n) is 5.25. The molecule has 0 radical (unpaired) electrons. The van der Waals surface area contributed by atoms with Gasteiger partial charge in [-0.25, -0.2) is 0 Å². The molecule has 0 saturated carbocycles. The SMILES string of the molecule is COC(=O)C1CC(=O)N(c2cccc(I)c2)C1. The predicted octanol–water partition coefficient (Wildman–Crippen LogP) is 1.82. The van der Waals surface area contributed by atoms with Gasteiger partial charge in [0.15, 0.2) is 0 Å². The Morgan fingerprint density at radius 3 is 2.94 bits per heavy atom. The van der Waals surface area contributed by atoms with Crippen molar-refractivity contribution in [3.63, 3.8) is 0 Å². The highest BCUT2D eigenvalue weighted by Crippen LogP contribution is 2.26. The van der Waals surface area contributed by atoms with Gasteiger partial charge in [0.2, 0.25) is 5.91 Å². The number of carbonyl (C=O) groups excluding carboxylic acids is 2. The Labute approximate surface area is 113 Å². The molecule has 1 aromatic rings. The molecule has 1 saturated heterocycles. The first-order chi connectivity index (χ1) is 8.11. The van der Waals surface area contributed by atoms with E-state index in [1.54, 1.807) is 4.90 Å². The number of benzene rings is 1. The second-order valence-corrected chi connectivity index (χ2v) is 5.15. The number of halogens is 1. The molecule has 4 nitrogen and oxygen atoms in total. The fourth-order valence-corrected chi connectivity index (χ4v) is 2.45. The van der Waals surface area contributed by atoms with Crippen LogP contribution in [0.25, 0.3) is 0 Å². The maximum absolute atomic E-state index is 11.8. The van der Waals surface area contributed by atoms with Crippen LogP contribution < -0.4 is 4.90 Å². The molecule has 2 rings (SSSR count). The van der Waals surface area contributed by atoms with E-state index >= 15 is 0 Å². The van der Waals surface area contributed by atoms with E-state index in [4.69, 9.17) is 0 Å². The van der Waals surface area contributed by atoms with Crippen LogP contribution in [0, 0.1) is 9.49 Å². The van der Waals surface area contributed by atoms with E-state index in [9.17, 15) is 9.59 Å². The summed E-state index contributed by atoms with van der Waals surface area (Å²) in [6.45, 7) is 0.408. The largest absolute Gasteiger partial charge is 0.469 e. The monoisotopic (exact) mass is 345 g/mol. The van der Waals surface area contributed by atoms with Crippen LogP contribution in [0.15, 0.2) is 24.3 Å². The van der Waals surface area contributed by atoms with Crippen molar-refractivity contribution in [1.29, 1.82) is 0 Å². The van der Waals surface area contributed by atoms with E-state index in [0.717, 1.165) is 9.26 Å². The Kier molecular flexibility index (Phi) is 3.66. The van der Waals surface area contributed by atoms with Gasteiger partial charge in [0.25, 0.3) is 0 Å². The third-order valence-corrected chi connectivity index (χ3v) is 3.45. The average molecular weight is 345 g/mol. The Bertz CT molecular complexity index is 461. The van der Waals surface area contributed by atoms with Crippen LogP contribution in [-0.2, 0) is 14.3 Å². The zero-order valence-electron chi connectivity index (χ0n) is 9.35. The van der Waals surface area contributed by atoms with Crippen LogP contribution in [0.1, 0.15) is 6.42 Å². The maximum atomic E-state index is 11.8. The standard InChI is InChI=1S/C12H12INO3/c1-17-12(16)8-5-11(15)14(7-8)10-4-2-3-9(13)6-10/h2-4,6,8H,5,7H2,1H3. The summed E-state index contributed by atoms with van der Waals surface area (Å²) in [5.74, 6) is -0.681. The first kappa shape index (κ1) is 12.3. The highest BCUT2D eigenvalue weighted by atomic mass is 127. The smallest absolute Gasteiger partial charge is 0.311 e. The molecule has 0 aliphatic carbocycles. The Morgan fingerprint density at radius 1 is 1.53 bits per heavy atom. The molecule has 1 aliphatic heterocycles. The molecule has 17 heavy (non-hydrogen) atoms. The third kappa shape index (κ3) is 2.59. The quantitative estimate of drug-likeness (QED) is 0.607. The van der Waals surface area contributed by atoms with E-state index in [-0.39, 0.29) is 24.2 Å². The lowest BCUT2D eigenvalue weighted by Gasteiger charge is -2.16. The van der Waals surface area contributed by atoms with Gasteiger partial charge >= 0.3 is 5.97 Å². The van der Waals surface area contributed by atoms with Gasteiger partial charge in [-0.15, -0.1) is 0 Å². The van der Waals surface area contributed by atoms with Crippen LogP contribution in [0.5, 0.6) is 0 Å². The van der Waals surface area contributed by atoms with Crippen molar-refractivity contribution < 1.29 is 14.3 Å². The molecule has 1 atom stereocenters. The van der Waals surface area contributed by atoms with Gasteiger partial charge in [-0.05, 0) is 40.8 Å². The van der Waals surface area contributed by atoms with Crippen molar-refractivity contribution in [2.75, 3.05) is 18.6 Å². The van der Waals surface area contributed by atoms with Crippen molar-refractivity contribution in [3.05, 3.63) is 27.8 Å². The highest BCUT2D eigenvalue weighted by Gasteiger charge is 2.35. The van der Waals surface area contributed by atoms with Crippen LogP contribution in [0.3, 0.4) is 0 Å². The number of ether oxygens (including phenoxy) is 1. The molecule has 1 unspecified atom stereocenters. The molecule has 90 valence electrons. The van der Waals surface area contributed by atoms with E-state index in [2.05, 4.69) is 27.3 Å². The van der Waals surface area contributed by atoms with E-state index in [1.165, 1.54) is 7.11 Å². The van der Waals surface area contributed by atoms with Gasteiger partial charge in [-0.2, -0.15) is 0 Å². The minimum atomic E-state index is -0.342. The molecule has 1 amide bonds. The van der Waals surface area contributed by atoms with Crippen LogP contribution in [0.4, 0.5) is 5.69 Å². The molecule has 1 heterocycles. The Morgan fingerprint density at radius 2 is 2.29 bits per heavy atom. The Balaban J connectivity index is 2.18. The van der Waals surface area contributed by atoms with Crippen molar-refractivity contribution in [2.45, 2.75) is 6.42 Å². The van der Waals surface area contributed by atoms with Crippen LogP contribution >= 0.6 is 22.6 Å². The third-order valence-electron chi connectivity index (χ3n) is 2.78. The lowest BCUT2D eigenvalue weighted by Crippen LogP contribution is -2.26. The molecular weight excluding hydrogens is 333 g/mol. The molecule has 1 fully saturated rings. The van der Waals surface area contributed by atoms with Crippen LogP contribution in [0.2, 0.25) is 0 Å². The number of amides is 1. The second kappa shape index (κ2) is 5.03. The van der Waals surface area contributed by atoms with Crippen molar-refractivity contribution in [2.24, 2.45) is 5.92 Å². The zero-order valence-corrected chi connectivity index (χ0v) is 11.5. The summed E-state index contributed by atoms with van der Waals surface area (Å²) in [6.07, 6.45) is 0.234. The minimum absolute atomic E-state index is 0.0256. The number of rotatable bonds is 2. The molecule has 0 bridgehead atoms. The molecule has 0 aromatic heterocycles. The summed E-state index contributed by atoms with van der Waals surface area (Å²) in [5, 5.41) is 0. The Hall–Kier alpha value is -1.11. The number of nitrogens with zero attached hydrogens (tertiary/aromatic N) is 1. The number of esters is 1. The lowest BCUT2D eigenvalue weighted by molar-refractivity contribution is -0.145. The highest BCUT2D eigenvalue weighted by molar-refractivity contribution is 14.1. The predicted molar refractivity (Wildman–Crippen MR) is 71.6 cm³/mol. The minimum Gasteiger partial charge on any atom is -0.469 e. The van der Waals surface area contributed by atoms with Gasteiger partial charge in [0, 0.05) is 22.2 Å². The number of methoxy groups -OCH3 is 1. The van der Waals surface area contributed by atoms with Crippen molar-refractivity contribution >= 4 is 40.2 Å². The summed E-state index contributed by atoms with van der Waals surface area (Å²) >= 11 is 2.20. The van der Waals surface area contributed by atoms with Gasteiger partial charge in [0.05, 0.1) is 13.0 Å². The molecule has 1 aliphatic rings. The molecule has 0 spiro atoms. The fourth-order valence-electron chi connectivity index (χ4n) is 1.93. The van der Waals surface area contributed by atoms with Gasteiger partial charge in [0.1, 0.15) is 0 Å². The number of anilines is 1. The lowest BCUT2D eigenvalue weighted by atomic mass is 10.1. The number of hydrogen-bond donors (Lipinski definition) is 0. The first-order valence-corrected chi connectivity index (χ1v) is 6.33.